The van der Waals surface area contributed by atoms with Gasteiger partial charge in [0.2, 0.25) is 5.75 Å². The van der Waals surface area contributed by atoms with Crippen molar-refractivity contribution in [2.45, 2.75) is 0 Å². The van der Waals surface area contributed by atoms with Crippen molar-refractivity contribution in [1.82, 2.24) is 9.66 Å². The molecule has 2 heterocycles. The highest BCUT2D eigenvalue weighted by Gasteiger charge is 2.13. The van der Waals surface area contributed by atoms with E-state index in [1.54, 1.807) is 0 Å². The molecule has 2 aromatic heterocycles. The summed E-state index contributed by atoms with van der Waals surface area (Å²) in [6, 6.07) is 12.1. The molecular formula is C19H13N3O4S. The van der Waals surface area contributed by atoms with Crippen molar-refractivity contribution in [3.05, 3.63) is 70.1 Å². The molecule has 0 radical (unpaired) electrons. The average Bonchev–Trinajstić information content (AvgIpc) is 3.13. The van der Waals surface area contributed by atoms with E-state index >= 15 is 0 Å². The Morgan fingerprint density at radius 1 is 1.04 bits per heavy atom. The number of aromatic nitrogens is 2. The van der Waals surface area contributed by atoms with Gasteiger partial charge < -0.3 is 15.3 Å². The fourth-order valence-corrected chi connectivity index (χ4v) is 3.56. The van der Waals surface area contributed by atoms with Crippen molar-refractivity contribution in [1.29, 1.82) is 0 Å². The number of aromatic hydroxyl groups is 3. The molecular weight excluding hydrogens is 366 g/mol. The number of phenolic OH excluding ortho intramolecular Hbond substituents is 3. The number of benzene rings is 2. The Hall–Kier alpha value is -3.65. The molecule has 0 bridgehead atoms. The third-order valence-corrected chi connectivity index (χ3v) is 4.93. The van der Waals surface area contributed by atoms with Crippen LogP contribution >= 0.6 is 11.3 Å². The van der Waals surface area contributed by atoms with Crippen LogP contribution < -0.4 is 5.56 Å². The van der Waals surface area contributed by atoms with Crippen molar-refractivity contribution in [2.24, 2.45) is 5.10 Å². The second-order valence-corrected chi connectivity index (χ2v) is 6.56. The van der Waals surface area contributed by atoms with Crippen molar-refractivity contribution in [3.8, 4) is 28.4 Å². The maximum atomic E-state index is 12.9. The Kier molecular flexibility index (Phi) is 4.09. The first-order valence-corrected chi connectivity index (χ1v) is 8.76. The van der Waals surface area contributed by atoms with E-state index < -0.39 is 17.2 Å². The molecule has 0 saturated heterocycles. The molecule has 0 spiro atoms. The first kappa shape index (κ1) is 16.8. The predicted octanol–water partition coefficient (Wildman–Crippen LogP) is 3.12. The third kappa shape index (κ3) is 2.91. The highest BCUT2D eigenvalue weighted by Crippen LogP contribution is 2.36. The molecule has 3 N–H and O–H groups in total. The minimum Gasteiger partial charge on any atom is -0.504 e. The van der Waals surface area contributed by atoms with Crippen molar-refractivity contribution in [3.63, 3.8) is 0 Å². The van der Waals surface area contributed by atoms with Gasteiger partial charge in [-0.3, -0.25) is 4.79 Å². The smallest absolute Gasteiger partial charge is 0.283 e. The minimum absolute atomic E-state index is 0.144. The van der Waals surface area contributed by atoms with Gasteiger partial charge in [-0.15, -0.1) is 11.3 Å². The van der Waals surface area contributed by atoms with E-state index in [1.165, 1.54) is 36.0 Å². The minimum atomic E-state index is -0.649. The van der Waals surface area contributed by atoms with Crippen LogP contribution in [-0.4, -0.2) is 31.2 Å². The molecule has 2 aromatic carbocycles. The Labute approximate surface area is 156 Å². The molecule has 0 aliphatic carbocycles. The summed E-state index contributed by atoms with van der Waals surface area (Å²) in [7, 11) is 0. The number of hydrogen-bond acceptors (Lipinski definition) is 7. The Bertz CT molecular complexity index is 1230. The quantitative estimate of drug-likeness (QED) is 0.374. The van der Waals surface area contributed by atoms with Crippen molar-refractivity contribution < 1.29 is 15.3 Å². The average molecular weight is 379 g/mol. The van der Waals surface area contributed by atoms with Gasteiger partial charge in [0, 0.05) is 16.5 Å². The summed E-state index contributed by atoms with van der Waals surface area (Å²) in [6.07, 6.45) is 2.50. The van der Waals surface area contributed by atoms with Crippen LogP contribution in [0.3, 0.4) is 0 Å². The number of nitrogens with zero attached hydrogens (tertiary/aromatic N) is 3. The fraction of sp³-hybridized carbons (Fsp3) is 0. The summed E-state index contributed by atoms with van der Waals surface area (Å²) in [6.45, 7) is 0. The summed E-state index contributed by atoms with van der Waals surface area (Å²) >= 11 is 1.37. The van der Waals surface area contributed by atoms with Crippen LogP contribution in [-0.2, 0) is 0 Å². The summed E-state index contributed by atoms with van der Waals surface area (Å²) < 4.78 is 1.06. The molecule has 134 valence electrons. The van der Waals surface area contributed by atoms with Crippen molar-refractivity contribution >= 4 is 27.8 Å². The standard InChI is InChI=1S/C19H13N3O4S/c23-14-7-6-12(16(24)17(14)25)8-21-22-10-20-18-15(19(22)26)13(9-27-18)11-4-2-1-3-5-11/h1-10,23-25H/b21-8+. The van der Waals surface area contributed by atoms with Crippen LogP contribution in [0.15, 0.2) is 64.1 Å². The van der Waals surface area contributed by atoms with E-state index in [9.17, 15) is 20.1 Å². The monoisotopic (exact) mass is 379 g/mol. The van der Waals surface area contributed by atoms with E-state index in [4.69, 9.17) is 0 Å². The van der Waals surface area contributed by atoms with Gasteiger partial charge in [0.15, 0.2) is 11.5 Å². The lowest BCUT2D eigenvalue weighted by molar-refractivity contribution is 0.367. The largest absolute Gasteiger partial charge is 0.504 e. The van der Waals surface area contributed by atoms with Gasteiger partial charge in [-0.25, -0.2) is 4.98 Å². The Morgan fingerprint density at radius 3 is 2.59 bits per heavy atom. The predicted molar refractivity (Wildman–Crippen MR) is 104 cm³/mol. The first-order valence-electron chi connectivity index (χ1n) is 7.89. The molecule has 8 heteroatoms. The van der Waals surface area contributed by atoms with Gasteiger partial charge >= 0.3 is 0 Å². The van der Waals surface area contributed by atoms with Gasteiger partial charge in [0.25, 0.3) is 5.56 Å². The summed E-state index contributed by atoms with van der Waals surface area (Å²) in [4.78, 5) is 17.8. The van der Waals surface area contributed by atoms with Gasteiger partial charge in [-0.2, -0.15) is 9.78 Å². The Morgan fingerprint density at radius 2 is 1.81 bits per heavy atom. The zero-order valence-electron chi connectivity index (χ0n) is 13.8. The first-order chi connectivity index (χ1) is 13.1. The van der Waals surface area contributed by atoms with E-state index in [2.05, 4.69) is 10.1 Å². The highest BCUT2D eigenvalue weighted by atomic mass is 32.1. The third-order valence-electron chi connectivity index (χ3n) is 4.05. The second-order valence-electron chi connectivity index (χ2n) is 5.71. The molecule has 0 saturated carbocycles. The van der Waals surface area contributed by atoms with Crippen LogP contribution in [0.25, 0.3) is 21.3 Å². The number of phenols is 3. The lowest BCUT2D eigenvalue weighted by Crippen LogP contribution is -2.16. The molecule has 0 atom stereocenters. The molecule has 7 nitrogen and oxygen atoms in total. The van der Waals surface area contributed by atoms with Gasteiger partial charge in [-0.1, -0.05) is 30.3 Å². The zero-order valence-corrected chi connectivity index (χ0v) is 14.6. The number of fused-ring (bicyclic) bond motifs is 1. The molecule has 4 aromatic rings. The topological polar surface area (TPSA) is 108 Å². The molecule has 0 amide bonds. The van der Waals surface area contributed by atoms with Gasteiger partial charge in [0.05, 0.1) is 11.6 Å². The zero-order chi connectivity index (χ0) is 19.0. The lowest BCUT2D eigenvalue weighted by atomic mass is 10.1. The van der Waals surface area contributed by atoms with Crippen molar-refractivity contribution in [2.75, 3.05) is 0 Å². The SMILES string of the molecule is O=c1c2c(-c3ccccc3)csc2ncn1/N=C/c1ccc(O)c(O)c1O. The maximum absolute atomic E-state index is 12.9. The highest BCUT2D eigenvalue weighted by molar-refractivity contribution is 7.17. The van der Waals surface area contributed by atoms with E-state index in [0.717, 1.165) is 15.8 Å². The van der Waals surface area contributed by atoms with Crippen LogP contribution in [0.5, 0.6) is 17.2 Å². The normalized spacial score (nSPS) is 11.4. The fourth-order valence-electron chi connectivity index (χ4n) is 2.65. The van der Waals surface area contributed by atoms with Crippen LogP contribution in [0.1, 0.15) is 5.56 Å². The number of thiophene rings is 1. The van der Waals surface area contributed by atoms with Crippen LogP contribution in [0, 0.1) is 0 Å². The van der Waals surface area contributed by atoms with Gasteiger partial charge in [-0.05, 0) is 17.7 Å². The van der Waals surface area contributed by atoms with Crippen LogP contribution in [0.4, 0.5) is 0 Å². The molecule has 0 aliphatic rings. The second kappa shape index (κ2) is 6.58. The van der Waals surface area contributed by atoms with Crippen LogP contribution in [0.2, 0.25) is 0 Å². The number of rotatable bonds is 3. The molecule has 0 aliphatic heterocycles. The summed E-state index contributed by atoms with van der Waals surface area (Å²) in [5, 5.41) is 35.2. The molecule has 4 rings (SSSR count). The number of hydrogen-bond donors (Lipinski definition) is 3. The molecule has 27 heavy (non-hydrogen) atoms. The van der Waals surface area contributed by atoms with E-state index in [-0.39, 0.29) is 11.1 Å². The maximum Gasteiger partial charge on any atom is 0.283 e. The molecule has 0 unspecified atom stereocenters. The molecule has 0 fully saturated rings. The van der Waals surface area contributed by atoms with E-state index in [0.29, 0.717) is 10.2 Å². The summed E-state index contributed by atoms with van der Waals surface area (Å²) in [5.41, 5.74) is 1.48. The lowest BCUT2D eigenvalue weighted by Gasteiger charge is -2.04. The summed E-state index contributed by atoms with van der Waals surface area (Å²) in [5.74, 6) is -1.62. The van der Waals surface area contributed by atoms with E-state index in [1.807, 2.05) is 35.7 Å². The van der Waals surface area contributed by atoms with Gasteiger partial charge in [0.1, 0.15) is 11.2 Å². The Balaban J connectivity index is 1.81.